The van der Waals surface area contributed by atoms with Gasteiger partial charge in [0.15, 0.2) is 12.6 Å². The predicted octanol–water partition coefficient (Wildman–Crippen LogP) is 3.88. The normalized spacial score (nSPS) is 11.6. The van der Waals surface area contributed by atoms with Crippen molar-refractivity contribution in [3.05, 3.63) is 53.7 Å². The molecule has 0 bridgehead atoms. The lowest BCUT2D eigenvalue weighted by Crippen LogP contribution is -2.22. The van der Waals surface area contributed by atoms with Gasteiger partial charge in [-0.1, -0.05) is 23.8 Å². The van der Waals surface area contributed by atoms with Crippen LogP contribution in [0.15, 0.2) is 47.6 Å². The number of alkyl halides is 3. The van der Waals surface area contributed by atoms with Crippen molar-refractivity contribution in [3.8, 4) is 5.88 Å². The van der Waals surface area contributed by atoms with E-state index in [1.54, 1.807) is 6.07 Å². The molecule has 2 rings (SSSR count). The largest absolute Gasteiger partial charge is 0.468 e. The Morgan fingerprint density at radius 2 is 1.88 bits per heavy atom. The number of rotatable bonds is 5. The predicted molar refractivity (Wildman–Crippen MR) is 101 cm³/mol. The van der Waals surface area contributed by atoms with E-state index in [0.717, 1.165) is 11.3 Å². The molecular weight excluding hydrogens is 448 g/mol. The zero-order chi connectivity index (χ0) is 17.6. The molecular formula is C16H18F3IN4O. The highest BCUT2D eigenvalue weighted by molar-refractivity contribution is 14.0. The molecule has 0 atom stereocenters. The minimum Gasteiger partial charge on any atom is -0.468 e. The van der Waals surface area contributed by atoms with E-state index in [-0.39, 0.29) is 42.4 Å². The Labute approximate surface area is 160 Å². The highest BCUT2D eigenvalue weighted by atomic mass is 127. The zero-order valence-corrected chi connectivity index (χ0v) is 15.7. The maximum atomic E-state index is 12.0. The first-order chi connectivity index (χ1) is 11.3. The van der Waals surface area contributed by atoms with Gasteiger partial charge in [0.25, 0.3) is 0 Å². The average molecular weight is 466 g/mol. The van der Waals surface area contributed by atoms with E-state index < -0.39 is 12.8 Å². The van der Waals surface area contributed by atoms with Gasteiger partial charge in [0.1, 0.15) is 0 Å². The number of halogens is 4. The lowest BCUT2D eigenvalue weighted by molar-refractivity contribution is -0.154. The number of nitrogens with two attached hydrogens (primary N) is 1. The van der Waals surface area contributed by atoms with Crippen LogP contribution in [-0.2, 0) is 6.54 Å². The third kappa shape index (κ3) is 8.05. The van der Waals surface area contributed by atoms with Crippen LogP contribution < -0.4 is 15.8 Å². The minimum atomic E-state index is -4.39. The SMILES string of the molecule is Cc1ccc(NC(N)=NCc2ccc(OCC(F)(F)F)nc2)cc1.I. The van der Waals surface area contributed by atoms with Gasteiger partial charge >= 0.3 is 6.18 Å². The van der Waals surface area contributed by atoms with E-state index in [2.05, 4.69) is 20.0 Å². The molecule has 3 N–H and O–H groups in total. The molecule has 25 heavy (non-hydrogen) atoms. The summed E-state index contributed by atoms with van der Waals surface area (Å²) in [6, 6.07) is 10.6. The van der Waals surface area contributed by atoms with Crippen molar-refractivity contribution in [2.24, 2.45) is 10.7 Å². The van der Waals surface area contributed by atoms with Gasteiger partial charge < -0.3 is 15.8 Å². The lowest BCUT2D eigenvalue weighted by atomic mass is 10.2. The Morgan fingerprint density at radius 3 is 2.44 bits per heavy atom. The number of nitrogens with one attached hydrogen (secondary N) is 1. The van der Waals surface area contributed by atoms with Crippen LogP contribution in [0.1, 0.15) is 11.1 Å². The van der Waals surface area contributed by atoms with Gasteiger partial charge in [-0.25, -0.2) is 9.98 Å². The van der Waals surface area contributed by atoms with E-state index in [1.807, 2.05) is 31.2 Å². The molecule has 1 heterocycles. The van der Waals surface area contributed by atoms with E-state index >= 15 is 0 Å². The van der Waals surface area contributed by atoms with Crippen LogP contribution in [-0.4, -0.2) is 23.7 Å². The maximum absolute atomic E-state index is 12.0. The zero-order valence-electron chi connectivity index (χ0n) is 13.4. The standard InChI is InChI=1S/C16H17F3N4O.HI/c1-11-2-5-13(6-3-11)23-15(20)22-9-12-4-7-14(21-8-12)24-10-16(17,18)19;/h2-8H,9-10H2,1H3,(H3,20,22,23);1H. The molecule has 0 amide bonds. The average Bonchev–Trinajstić information content (AvgIpc) is 2.53. The van der Waals surface area contributed by atoms with Crippen LogP contribution in [0, 0.1) is 6.92 Å². The highest BCUT2D eigenvalue weighted by Gasteiger charge is 2.28. The molecule has 0 fully saturated rings. The van der Waals surface area contributed by atoms with Crippen LogP contribution >= 0.6 is 24.0 Å². The Kier molecular flexibility index (Phi) is 7.94. The number of hydrogen-bond donors (Lipinski definition) is 2. The van der Waals surface area contributed by atoms with Gasteiger partial charge in [-0.3, -0.25) is 0 Å². The first kappa shape index (κ1) is 21.0. The van der Waals surface area contributed by atoms with Gasteiger partial charge in [-0.05, 0) is 24.6 Å². The summed E-state index contributed by atoms with van der Waals surface area (Å²) in [5, 5.41) is 2.95. The van der Waals surface area contributed by atoms with Gasteiger partial charge in [0, 0.05) is 18.0 Å². The number of nitrogens with zero attached hydrogens (tertiary/aromatic N) is 2. The van der Waals surface area contributed by atoms with Crippen molar-refractivity contribution in [2.75, 3.05) is 11.9 Å². The summed E-state index contributed by atoms with van der Waals surface area (Å²) in [5.41, 5.74) is 8.43. The molecule has 0 spiro atoms. The third-order valence-electron chi connectivity index (χ3n) is 2.94. The number of aryl methyl sites for hydroxylation is 1. The molecule has 9 heteroatoms. The second-order valence-electron chi connectivity index (χ2n) is 5.10. The summed E-state index contributed by atoms with van der Waals surface area (Å²) >= 11 is 0. The van der Waals surface area contributed by atoms with Crippen molar-refractivity contribution in [1.29, 1.82) is 0 Å². The van der Waals surface area contributed by atoms with Gasteiger partial charge in [-0.15, -0.1) is 24.0 Å². The third-order valence-corrected chi connectivity index (χ3v) is 2.94. The van der Waals surface area contributed by atoms with Gasteiger partial charge in [0.2, 0.25) is 5.88 Å². The van der Waals surface area contributed by atoms with E-state index in [0.29, 0.717) is 5.56 Å². The van der Waals surface area contributed by atoms with Crippen molar-refractivity contribution in [3.63, 3.8) is 0 Å². The quantitative estimate of drug-likeness (QED) is 0.399. The molecule has 0 aliphatic rings. The van der Waals surface area contributed by atoms with Crippen LogP contribution in [0.3, 0.4) is 0 Å². The summed E-state index contributed by atoms with van der Waals surface area (Å²) in [4.78, 5) is 7.95. The lowest BCUT2D eigenvalue weighted by Gasteiger charge is -2.08. The van der Waals surface area contributed by atoms with E-state index in [4.69, 9.17) is 5.73 Å². The summed E-state index contributed by atoms with van der Waals surface area (Å²) in [7, 11) is 0. The maximum Gasteiger partial charge on any atom is 0.422 e. The Morgan fingerprint density at radius 1 is 1.20 bits per heavy atom. The number of benzene rings is 1. The highest BCUT2D eigenvalue weighted by Crippen LogP contribution is 2.17. The smallest absolute Gasteiger partial charge is 0.422 e. The van der Waals surface area contributed by atoms with Crippen LogP contribution in [0.5, 0.6) is 5.88 Å². The Hall–Kier alpha value is -2.04. The van der Waals surface area contributed by atoms with E-state index in [9.17, 15) is 13.2 Å². The Bertz CT molecular complexity index is 688. The topological polar surface area (TPSA) is 72.5 Å². The van der Waals surface area contributed by atoms with Crippen LogP contribution in [0.4, 0.5) is 18.9 Å². The molecule has 0 saturated heterocycles. The fourth-order valence-corrected chi connectivity index (χ4v) is 1.75. The fraction of sp³-hybridized carbons (Fsp3) is 0.250. The van der Waals surface area contributed by atoms with Crippen molar-refractivity contribution < 1.29 is 17.9 Å². The van der Waals surface area contributed by atoms with Crippen molar-refractivity contribution >= 4 is 35.6 Å². The second kappa shape index (κ2) is 9.44. The first-order valence-corrected chi connectivity index (χ1v) is 7.10. The number of ether oxygens (including phenoxy) is 1. The summed E-state index contributed by atoms with van der Waals surface area (Å²) in [6.07, 6.45) is -2.99. The Balaban J connectivity index is 0.00000312. The fourth-order valence-electron chi connectivity index (χ4n) is 1.75. The molecule has 1 aromatic carbocycles. The number of hydrogen-bond acceptors (Lipinski definition) is 3. The number of aromatic nitrogens is 1. The monoisotopic (exact) mass is 466 g/mol. The van der Waals surface area contributed by atoms with Crippen LogP contribution in [0.25, 0.3) is 0 Å². The molecule has 5 nitrogen and oxygen atoms in total. The number of guanidine groups is 1. The second-order valence-corrected chi connectivity index (χ2v) is 5.10. The molecule has 2 aromatic rings. The molecule has 0 saturated carbocycles. The van der Waals surface area contributed by atoms with Crippen molar-refractivity contribution in [2.45, 2.75) is 19.6 Å². The van der Waals surface area contributed by atoms with Gasteiger partial charge in [0.05, 0.1) is 6.54 Å². The molecule has 0 aliphatic carbocycles. The number of anilines is 1. The molecule has 136 valence electrons. The number of aliphatic imine (C=N–C) groups is 1. The molecule has 0 radical (unpaired) electrons. The molecule has 0 aliphatic heterocycles. The molecule has 1 aromatic heterocycles. The summed E-state index contributed by atoms with van der Waals surface area (Å²) < 4.78 is 40.7. The minimum absolute atomic E-state index is 0. The van der Waals surface area contributed by atoms with Gasteiger partial charge in [-0.2, -0.15) is 13.2 Å². The number of pyridine rings is 1. The summed E-state index contributed by atoms with van der Waals surface area (Å²) in [6.45, 7) is 0.860. The summed E-state index contributed by atoms with van der Waals surface area (Å²) in [5.74, 6) is 0.141. The van der Waals surface area contributed by atoms with Crippen molar-refractivity contribution in [1.82, 2.24) is 4.98 Å². The first-order valence-electron chi connectivity index (χ1n) is 7.10. The van der Waals surface area contributed by atoms with Crippen LogP contribution in [0.2, 0.25) is 0 Å². The molecule has 0 unspecified atom stereocenters. The van der Waals surface area contributed by atoms with E-state index in [1.165, 1.54) is 12.3 Å².